The summed E-state index contributed by atoms with van der Waals surface area (Å²) in [6.45, 7) is 2.85. The van der Waals surface area contributed by atoms with Crippen LogP contribution in [0.2, 0.25) is 0 Å². The smallest absolute Gasteiger partial charge is 0.184 e. The Morgan fingerprint density at radius 3 is 2.33 bits per heavy atom. The van der Waals surface area contributed by atoms with Gasteiger partial charge < -0.3 is 14.2 Å². The molecule has 2 aromatic rings. The molecular formula is C18H20O3. The molecule has 0 amide bonds. The summed E-state index contributed by atoms with van der Waals surface area (Å²) < 4.78 is 17.2. The molecule has 1 aliphatic rings. The van der Waals surface area contributed by atoms with Gasteiger partial charge in [-0.25, -0.2) is 0 Å². The van der Waals surface area contributed by atoms with Gasteiger partial charge in [-0.2, -0.15) is 0 Å². The summed E-state index contributed by atoms with van der Waals surface area (Å²) in [5, 5.41) is 0. The minimum Gasteiger partial charge on any atom is -0.497 e. The molecule has 1 heterocycles. The Hall–Kier alpha value is -1.84. The van der Waals surface area contributed by atoms with E-state index in [0.717, 1.165) is 11.3 Å². The van der Waals surface area contributed by atoms with Crippen LogP contribution in [-0.2, 0) is 9.47 Å². The van der Waals surface area contributed by atoms with E-state index >= 15 is 0 Å². The average molecular weight is 284 g/mol. The van der Waals surface area contributed by atoms with Crippen molar-refractivity contribution in [3.8, 4) is 5.75 Å². The third-order valence-corrected chi connectivity index (χ3v) is 3.81. The largest absolute Gasteiger partial charge is 0.497 e. The number of benzene rings is 2. The van der Waals surface area contributed by atoms with E-state index in [9.17, 15) is 0 Å². The predicted octanol–water partition coefficient (Wildman–Crippen LogP) is 4.12. The van der Waals surface area contributed by atoms with Gasteiger partial charge in [-0.1, -0.05) is 49.4 Å². The van der Waals surface area contributed by atoms with Crippen molar-refractivity contribution < 1.29 is 14.2 Å². The van der Waals surface area contributed by atoms with E-state index in [1.807, 2.05) is 42.5 Å². The molecule has 1 aliphatic heterocycles. The first-order valence-electron chi connectivity index (χ1n) is 7.24. The van der Waals surface area contributed by atoms with Gasteiger partial charge in [0.05, 0.1) is 19.8 Å². The Morgan fingerprint density at radius 2 is 1.67 bits per heavy atom. The van der Waals surface area contributed by atoms with Gasteiger partial charge in [-0.05, 0) is 17.7 Å². The zero-order chi connectivity index (χ0) is 14.7. The molecule has 110 valence electrons. The third kappa shape index (κ3) is 3.09. The summed E-state index contributed by atoms with van der Waals surface area (Å²) in [5.74, 6) is 1.17. The highest BCUT2D eigenvalue weighted by Gasteiger charge is 2.31. The first-order chi connectivity index (χ1) is 10.3. The molecule has 2 aromatic carbocycles. The van der Waals surface area contributed by atoms with E-state index in [4.69, 9.17) is 14.2 Å². The second-order valence-electron chi connectivity index (χ2n) is 5.38. The van der Waals surface area contributed by atoms with Crippen molar-refractivity contribution >= 4 is 0 Å². The van der Waals surface area contributed by atoms with E-state index in [0.29, 0.717) is 12.5 Å². The SMILES string of the molecule is COc1ccc([C@H]2OC[C@H](C)[C@@H](c3ccccc3)O2)cc1. The summed E-state index contributed by atoms with van der Waals surface area (Å²) in [6, 6.07) is 18.2. The van der Waals surface area contributed by atoms with E-state index in [2.05, 4.69) is 19.1 Å². The Bertz CT molecular complexity index is 565. The van der Waals surface area contributed by atoms with E-state index in [1.54, 1.807) is 7.11 Å². The fraction of sp³-hybridized carbons (Fsp3) is 0.333. The van der Waals surface area contributed by atoms with Crippen LogP contribution in [-0.4, -0.2) is 13.7 Å². The lowest BCUT2D eigenvalue weighted by atomic mass is 9.96. The van der Waals surface area contributed by atoms with Crippen LogP contribution in [0.5, 0.6) is 5.75 Å². The lowest BCUT2D eigenvalue weighted by Crippen LogP contribution is -2.28. The molecule has 3 nitrogen and oxygen atoms in total. The van der Waals surface area contributed by atoms with Gasteiger partial charge in [0.1, 0.15) is 5.75 Å². The number of methoxy groups -OCH3 is 1. The van der Waals surface area contributed by atoms with Crippen LogP contribution in [0, 0.1) is 5.92 Å². The monoisotopic (exact) mass is 284 g/mol. The molecule has 3 rings (SSSR count). The van der Waals surface area contributed by atoms with Crippen molar-refractivity contribution in [3.05, 3.63) is 65.7 Å². The standard InChI is InChI=1S/C18H20O3/c1-13-12-20-18(15-8-10-16(19-2)11-9-15)21-17(13)14-6-4-3-5-7-14/h3-11,13,17-18H,12H2,1-2H3/t13-,17-,18-/m0/s1. The maximum Gasteiger partial charge on any atom is 0.184 e. The Morgan fingerprint density at radius 1 is 0.952 bits per heavy atom. The molecule has 3 heteroatoms. The molecule has 0 aromatic heterocycles. The summed E-state index contributed by atoms with van der Waals surface area (Å²) in [4.78, 5) is 0. The van der Waals surface area contributed by atoms with Gasteiger partial charge in [-0.3, -0.25) is 0 Å². The van der Waals surface area contributed by atoms with Gasteiger partial charge in [0.15, 0.2) is 6.29 Å². The molecule has 0 aliphatic carbocycles. The van der Waals surface area contributed by atoms with Crippen LogP contribution >= 0.6 is 0 Å². The molecule has 0 bridgehead atoms. The fourth-order valence-corrected chi connectivity index (χ4v) is 2.62. The van der Waals surface area contributed by atoms with Gasteiger partial charge in [0, 0.05) is 11.5 Å². The first-order valence-corrected chi connectivity index (χ1v) is 7.24. The number of rotatable bonds is 3. The lowest BCUT2D eigenvalue weighted by molar-refractivity contribution is -0.241. The van der Waals surface area contributed by atoms with E-state index in [1.165, 1.54) is 5.56 Å². The molecule has 1 fully saturated rings. The molecule has 0 saturated carbocycles. The lowest BCUT2D eigenvalue weighted by Gasteiger charge is -2.35. The molecule has 0 unspecified atom stereocenters. The maximum absolute atomic E-state index is 6.18. The molecule has 0 spiro atoms. The highest BCUT2D eigenvalue weighted by molar-refractivity contribution is 5.28. The minimum absolute atomic E-state index is 0.0621. The van der Waals surface area contributed by atoms with Crippen molar-refractivity contribution in [1.29, 1.82) is 0 Å². The van der Waals surface area contributed by atoms with Crippen LogP contribution in [0.1, 0.15) is 30.4 Å². The van der Waals surface area contributed by atoms with Crippen molar-refractivity contribution in [1.82, 2.24) is 0 Å². The van der Waals surface area contributed by atoms with Crippen LogP contribution in [0.25, 0.3) is 0 Å². The third-order valence-electron chi connectivity index (χ3n) is 3.81. The van der Waals surface area contributed by atoms with E-state index in [-0.39, 0.29) is 12.4 Å². The zero-order valence-electron chi connectivity index (χ0n) is 12.4. The predicted molar refractivity (Wildman–Crippen MR) is 81.1 cm³/mol. The maximum atomic E-state index is 6.18. The van der Waals surface area contributed by atoms with E-state index < -0.39 is 0 Å². The Kier molecular flexibility index (Phi) is 4.23. The molecule has 0 radical (unpaired) electrons. The topological polar surface area (TPSA) is 27.7 Å². The van der Waals surface area contributed by atoms with Gasteiger partial charge in [0.2, 0.25) is 0 Å². The molecule has 21 heavy (non-hydrogen) atoms. The quantitative estimate of drug-likeness (QED) is 0.848. The minimum atomic E-state index is -0.322. The van der Waals surface area contributed by atoms with Crippen LogP contribution in [0.3, 0.4) is 0 Å². The van der Waals surface area contributed by atoms with Crippen LogP contribution in [0.15, 0.2) is 54.6 Å². The highest BCUT2D eigenvalue weighted by Crippen LogP contribution is 2.38. The van der Waals surface area contributed by atoms with Gasteiger partial charge >= 0.3 is 0 Å². The summed E-state index contributed by atoms with van der Waals surface area (Å²) >= 11 is 0. The summed E-state index contributed by atoms with van der Waals surface area (Å²) in [7, 11) is 1.66. The molecule has 1 saturated heterocycles. The zero-order valence-corrected chi connectivity index (χ0v) is 12.4. The van der Waals surface area contributed by atoms with Crippen molar-refractivity contribution in [2.45, 2.75) is 19.3 Å². The second-order valence-corrected chi connectivity index (χ2v) is 5.38. The molecule has 3 atom stereocenters. The molecular weight excluding hydrogens is 264 g/mol. The van der Waals surface area contributed by atoms with Crippen LogP contribution < -0.4 is 4.74 Å². The first kappa shape index (κ1) is 14.1. The highest BCUT2D eigenvalue weighted by atomic mass is 16.7. The van der Waals surface area contributed by atoms with Crippen molar-refractivity contribution in [2.75, 3.05) is 13.7 Å². The molecule has 0 N–H and O–H groups in total. The number of hydrogen-bond donors (Lipinski definition) is 0. The average Bonchev–Trinajstić information content (AvgIpc) is 2.56. The summed E-state index contributed by atoms with van der Waals surface area (Å²) in [6.07, 6.45) is -0.260. The summed E-state index contributed by atoms with van der Waals surface area (Å²) in [5.41, 5.74) is 2.22. The second kappa shape index (κ2) is 6.29. The number of hydrogen-bond acceptors (Lipinski definition) is 3. The van der Waals surface area contributed by atoms with Crippen LogP contribution in [0.4, 0.5) is 0 Å². The van der Waals surface area contributed by atoms with Gasteiger partial charge in [0.25, 0.3) is 0 Å². The normalized spacial score (nSPS) is 25.5. The van der Waals surface area contributed by atoms with Gasteiger partial charge in [-0.15, -0.1) is 0 Å². The number of ether oxygens (including phenoxy) is 3. The Labute approximate surface area is 125 Å². The fourth-order valence-electron chi connectivity index (χ4n) is 2.62. The van der Waals surface area contributed by atoms with Crippen molar-refractivity contribution in [3.63, 3.8) is 0 Å². The van der Waals surface area contributed by atoms with Crippen molar-refractivity contribution in [2.24, 2.45) is 5.92 Å². The Balaban J connectivity index is 1.78.